The van der Waals surface area contributed by atoms with Crippen LogP contribution in [0.3, 0.4) is 0 Å². The van der Waals surface area contributed by atoms with Crippen molar-refractivity contribution in [3.63, 3.8) is 0 Å². The van der Waals surface area contributed by atoms with Crippen LogP contribution in [-0.2, 0) is 9.53 Å². The number of rotatable bonds is 5. The molecule has 0 spiro atoms. The summed E-state index contributed by atoms with van der Waals surface area (Å²) in [6, 6.07) is 4.95. The van der Waals surface area contributed by atoms with Gasteiger partial charge in [0.15, 0.2) is 0 Å². The molecule has 126 valence electrons. The lowest BCUT2D eigenvalue weighted by Crippen LogP contribution is -2.56. The van der Waals surface area contributed by atoms with Gasteiger partial charge in [-0.05, 0) is 25.0 Å². The molecule has 0 atom stereocenters. The number of ether oxygens (including phenoxy) is 3. The summed E-state index contributed by atoms with van der Waals surface area (Å²) in [6.07, 6.45) is 4.00. The molecular weight excluding hydrogens is 298 g/mol. The zero-order chi connectivity index (χ0) is 16.9. The number of esters is 1. The first-order chi connectivity index (χ1) is 11.1. The summed E-state index contributed by atoms with van der Waals surface area (Å²) >= 11 is 0. The van der Waals surface area contributed by atoms with E-state index in [4.69, 9.17) is 14.2 Å². The number of carbonyl (C=O) groups excluding carboxylic acids is 2. The maximum atomic E-state index is 12.7. The molecule has 1 amide bonds. The van der Waals surface area contributed by atoms with Crippen molar-refractivity contribution in [3.8, 4) is 11.5 Å². The fourth-order valence-electron chi connectivity index (χ4n) is 3.00. The highest BCUT2D eigenvalue weighted by atomic mass is 16.5. The van der Waals surface area contributed by atoms with E-state index in [-0.39, 0.29) is 5.91 Å². The van der Waals surface area contributed by atoms with Crippen molar-refractivity contribution in [2.24, 2.45) is 0 Å². The lowest BCUT2D eigenvalue weighted by atomic mass is 9.81. The van der Waals surface area contributed by atoms with E-state index in [0.717, 1.165) is 19.3 Å². The minimum absolute atomic E-state index is 0.350. The van der Waals surface area contributed by atoms with E-state index in [9.17, 15) is 9.59 Å². The monoisotopic (exact) mass is 321 g/mol. The molecule has 0 aromatic heterocycles. The summed E-state index contributed by atoms with van der Waals surface area (Å²) in [5.41, 5.74) is -0.586. The molecule has 1 N–H and O–H groups in total. The molecule has 2 rings (SSSR count). The molecule has 1 aromatic carbocycles. The Balaban J connectivity index is 2.27. The number of hydrogen-bond donors (Lipinski definition) is 1. The average molecular weight is 321 g/mol. The summed E-state index contributed by atoms with van der Waals surface area (Å²) < 4.78 is 15.3. The lowest BCUT2D eigenvalue weighted by molar-refractivity contribution is -0.149. The van der Waals surface area contributed by atoms with Crippen LogP contribution in [0.4, 0.5) is 0 Å². The largest absolute Gasteiger partial charge is 0.497 e. The lowest BCUT2D eigenvalue weighted by Gasteiger charge is -2.35. The number of nitrogens with one attached hydrogen (secondary N) is 1. The van der Waals surface area contributed by atoms with Gasteiger partial charge in [0, 0.05) is 6.07 Å². The number of methoxy groups -OCH3 is 3. The molecule has 23 heavy (non-hydrogen) atoms. The summed E-state index contributed by atoms with van der Waals surface area (Å²) in [5, 5.41) is 2.88. The predicted molar refractivity (Wildman–Crippen MR) is 84.8 cm³/mol. The predicted octanol–water partition coefficient (Wildman–Crippen LogP) is 2.31. The first-order valence-electron chi connectivity index (χ1n) is 7.69. The van der Waals surface area contributed by atoms with Gasteiger partial charge in [0.2, 0.25) is 0 Å². The Hall–Kier alpha value is -2.24. The van der Waals surface area contributed by atoms with Crippen LogP contribution in [0.2, 0.25) is 0 Å². The van der Waals surface area contributed by atoms with E-state index in [1.54, 1.807) is 25.3 Å². The van der Waals surface area contributed by atoms with Crippen LogP contribution in [-0.4, -0.2) is 38.7 Å². The molecule has 1 aliphatic rings. The van der Waals surface area contributed by atoms with Crippen molar-refractivity contribution in [1.82, 2.24) is 5.32 Å². The van der Waals surface area contributed by atoms with Gasteiger partial charge in [-0.15, -0.1) is 0 Å². The zero-order valence-electron chi connectivity index (χ0n) is 13.8. The molecule has 0 aliphatic heterocycles. The number of amides is 1. The van der Waals surface area contributed by atoms with Gasteiger partial charge in [-0.25, -0.2) is 4.79 Å². The third kappa shape index (κ3) is 3.57. The van der Waals surface area contributed by atoms with Crippen molar-refractivity contribution in [3.05, 3.63) is 23.8 Å². The molecule has 6 nitrogen and oxygen atoms in total. The van der Waals surface area contributed by atoms with E-state index in [1.165, 1.54) is 14.2 Å². The molecule has 0 heterocycles. The second-order valence-electron chi connectivity index (χ2n) is 5.65. The number of hydrogen-bond acceptors (Lipinski definition) is 5. The van der Waals surface area contributed by atoms with Crippen molar-refractivity contribution in [2.75, 3.05) is 21.3 Å². The second-order valence-corrected chi connectivity index (χ2v) is 5.65. The molecule has 0 unspecified atom stereocenters. The Bertz CT molecular complexity index is 578. The maximum Gasteiger partial charge on any atom is 0.331 e. The summed E-state index contributed by atoms with van der Waals surface area (Å²) in [4.78, 5) is 24.9. The van der Waals surface area contributed by atoms with Gasteiger partial charge in [-0.3, -0.25) is 4.79 Å². The SMILES string of the molecule is COC(=O)C1(NC(=O)c2ccc(OC)cc2OC)CCCCC1. The molecular formula is C17H23NO5. The van der Waals surface area contributed by atoms with Crippen molar-refractivity contribution < 1.29 is 23.8 Å². The smallest absolute Gasteiger partial charge is 0.331 e. The van der Waals surface area contributed by atoms with E-state index < -0.39 is 11.5 Å². The van der Waals surface area contributed by atoms with Gasteiger partial charge in [0.1, 0.15) is 17.0 Å². The third-order valence-corrected chi connectivity index (χ3v) is 4.29. The van der Waals surface area contributed by atoms with Gasteiger partial charge in [0.25, 0.3) is 5.91 Å². The highest BCUT2D eigenvalue weighted by Gasteiger charge is 2.42. The standard InChI is InChI=1S/C17H23NO5/c1-21-12-7-8-13(14(11-12)22-2)15(19)18-17(16(20)23-3)9-5-4-6-10-17/h7-8,11H,4-6,9-10H2,1-3H3,(H,18,19). The van der Waals surface area contributed by atoms with Crippen molar-refractivity contribution in [1.29, 1.82) is 0 Å². The highest BCUT2D eigenvalue weighted by Crippen LogP contribution is 2.31. The first-order valence-corrected chi connectivity index (χ1v) is 7.69. The minimum atomic E-state index is -0.949. The Morgan fingerprint density at radius 3 is 2.30 bits per heavy atom. The van der Waals surface area contributed by atoms with Crippen LogP contribution < -0.4 is 14.8 Å². The molecule has 0 saturated heterocycles. The van der Waals surface area contributed by atoms with Crippen molar-refractivity contribution >= 4 is 11.9 Å². The average Bonchev–Trinajstić information content (AvgIpc) is 2.60. The first kappa shape index (κ1) is 17.1. The van der Waals surface area contributed by atoms with Crippen LogP contribution in [0.25, 0.3) is 0 Å². The van der Waals surface area contributed by atoms with Gasteiger partial charge in [-0.2, -0.15) is 0 Å². The normalized spacial score (nSPS) is 16.3. The molecule has 1 fully saturated rings. The molecule has 0 bridgehead atoms. The topological polar surface area (TPSA) is 73.9 Å². The van der Waals surface area contributed by atoms with Crippen LogP contribution in [0.5, 0.6) is 11.5 Å². The van der Waals surface area contributed by atoms with Crippen LogP contribution in [0.15, 0.2) is 18.2 Å². The van der Waals surface area contributed by atoms with E-state index in [2.05, 4.69) is 5.32 Å². The number of benzene rings is 1. The van der Waals surface area contributed by atoms with Gasteiger partial charge < -0.3 is 19.5 Å². The van der Waals surface area contributed by atoms with E-state index in [1.807, 2.05) is 0 Å². The summed E-state index contributed by atoms with van der Waals surface area (Å²) in [7, 11) is 4.38. The molecule has 1 saturated carbocycles. The molecule has 6 heteroatoms. The Kier molecular flexibility index (Phi) is 5.47. The third-order valence-electron chi connectivity index (χ3n) is 4.29. The van der Waals surface area contributed by atoms with Crippen LogP contribution >= 0.6 is 0 Å². The molecule has 0 radical (unpaired) electrons. The minimum Gasteiger partial charge on any atom is -0.497 e. The maximum absolute atomic E-state index is 12.7. The van der Waals surface area contributed by atoms with Crippen molar-refractivity contribution in [2.45, 2.75) is 37.6 Å². The van der Waals surface area contributed by atoms with Gasteiger partial charge in [0.05, 0.1) is 26.9 Å². The van der Waals surface area contributed by atoms with Crippen LogP contribution in [0.1, 0.15) is 42.5 Å². The Morgan fingerprint density at radius 1 is 1.04 bits per heavy atom. The quantitative estimate of drug-likeness (QED) is 0.843. The van der Waals surface area contributed by atoms with Gasteiger partial charge in [-0.1, -0.05) is 19.3 Å². The summed E-state index contributed by atoms with van der Waals surface area (Å²) in [6.45, 7) is 0. The van der Waals surface area contributed by atoms with Gasteiger partial charge >= 0.3 is 5.97 Å². The molecule has 1 aliphatic carbocycles. The fourth-order valence-corrected chi connectivity index (χ4v) is 3.00. The van der Waals surface area contributed by atoms with E-state index >= 15 is 0 Å². The zero-order valence-corrected chi connectivity index (χ0v) is 13.8. The molecule has 1 aromatic rings. The Morgan fingerprint density at radius 2 is 1.74 bits per heavy atom. The Labute approximate surface area is 136 Å². The fraction of sp³-hybridized carbons (Fsp3) is 0.529. The van der Waals surface area contributed by atoms with Crippen LogP contribution in [0, 0.1) is 0 Å². The van der Waals surface area contributed by atoms with E-state index in [0.29, 0.717) is 29.9 Å². The second kappa shape index (κ2) is 7.35. The summed E-state index contributed by atoms with van der Waals surface area (Å²) in [5.74, 6) is 0.256. The highest BCUT2D eigenvalue weighted by molar-refractivity contribution is 6.00. The number of carbonyl (C=O) groups is 2.